The lowest BCUT2D eigenvalue weighted by atomic mass is 10.2. The molecule has 7 nitrogen and oxygen atoms in total. The number of amides is 2. The Morgan fingerprint density at radius 2 is 2.04 bits per heavy atom. The van der Waals surface area contributed by atoms with Gasteiger partial charge in [-0.1, -0.05) is 12.1 Å². The van der Waals surface area contributed by atoms with Crippen molar-refractivity contribution in [2.45, 2.75) is 12.5 Å². The number of urea groups is 1. The molecule has 0 aromatic heterocycles. The highest BCUT2D eigenvalue weighted by atomic mass is 32.2. The average molecular weight is 342 g/mol. The number of nitrogens with zero attached hydrogens (tertiary/aromatic N) is 1. The Morgan fingerprint density at radius 3 is 2.65 bits per heavy atom. The summed E-state index contributed by atoms with van der Waals surface area (Å²) in [7, 11) is 0.174. The summed E-state index contributed by atoms with van der Waals surface area (Å²) in [6.07, 6.45) is 0.490. The summed E-state index contributed by atoms with van der Waals surface area (Å²) in [5.41, 5.74) is 0. The number of methoxy groups -OCH3 is 1. The van der Waals surface area contributed by atoms with Gasteiger partial charge < -0.3 is 19.7 Å². The van der Waals surface area contributed by atoms with Crippen molar-refractivity contribution in [3.8, 4) is 11.5 Å². The fourth-order valence-electron chi connectivity index (χ4n) is 2.43. The highest BCUT2D eigenvalue weighted by Crippen LogP contribution is 2.25. The van der Waals surface area contributed by atoms with Gasteiger partial charge in [-0.05, 0) is 18.6 Å². The Hall–Kier alpha value is -1.96. The molecule has 0 bridgehead atoms. The zero-order valence-corrected chi connectivity index (χ0v) is 14.1. The normalized spacial score (nSPS) is 19.1. The monoisotopic (exact) mass is 342 g/mol. The van der Waals surface area contributed by atoms with Crippen LogP contribution in [0.25, 0.3) is 0 Å². The van der Waals surface area contributed by atoms with Gasteiger partial charge >= 0.3 is 6.03 Å². The standard InChI is InChI=1S/C15H22N2O5S/c1-17(12-7-10-23(19,20)11-12)15(18)16-8-9-22-14-6-4-3-5-13(14)21-2/h3-6,12H,7-11H2,1-2H3,(H,16,18). The summed E-state index contributed by atoms with van der Waals surface area (Å²) in [5, 5.41) is 2.72. The number of rotatable bonds is 6. The van der Waals surface area contributed by atoms with Crippen LogP contribution >= 0.6 is 0 Å². The van der Waals surface area contributed by atoms with Crippen molar-refractivity contribution < 1.29 is 22.7 Å². The smallest absolute Gasteiger partial charge is 0.317 e. The van der Waals surface area contributed by atoms with Crippen LogP contribution < -0.4 is 14.8 Å². The molecule has 1 heterocycles. The highest BCUT2D eigenvalue weighted by Gasteiger charge is 2.32. The van der Waals surface area contributed by atoms with E-state index in [-0.39, 0.29) is 23.6 Å². The minimum absolute atomic E-state index is 0.0363. The van der Waals surface area contributed by atoms with Crippen LogP contribution in [0.4, 0.5) is 4.79 Å². The zero-order valence-electron chi connectivity index (χ0n) is 13.3. The molecule has 0 spiro atoms. The van der Waals surface area contributed by atoms with Crippen molar-refractivity contribution in [3.63, 3.8) is 0 Å². The third-order valence-electron chi connectivity index (χ3n) is 3.78. The van der Waals surface area contributed by atoms with Crippen molar-refractivity contribution in [2.24, 2.45) is 0 Å². The molecule has 1 aromatic carbocycles. The molecule has 8 heteroatoms. The molecule has 1 saturated heterocycles. The number of sulfone groups is 1. The van der Waals surface area contributed by atoms with Crippen molar-refractivity contribution in [3.05, 3.63) is 24.3 Å². The van der Waals surface area contributed by atoms with Gasteiger partial charge in [-0.25, -0.2) is 13.2 Å². The molecule has 0 saturated carbocycles. The van der Waals surface area contributed by atoms with E-state index in [1.54, 1.807) is 26.3 Å². The van der Waals surface area contributed by atoms with Gasteiger partial charge in [-0.3, -0.25) is 0 Å². The first-order valence-corrected chi connectivity index (χ1v) is 9.22. The molecule has 2 rings (SSSR count). The second-order valence-electron chi connectivity index (χ2n) is 5.40. The van der Waals surface area contributed by atoms with Gasteiger partial charge in [0.15, 0.2) is 21.3 Å². The number of hydrogen-bond acceptors (Lipinski definition) is 5. The average Bonchev–Trinajstić information content (AvgIpc) is 2.91. The first kappa shape index (κ1) is 17.4. The summed E-state index contributed by atoms with van der Waals surface area (Å²) in [6.45, 7) is 0.615. The molecule has 1 N–H and O–H groups in total. The van der Waals surface area contributed by atoms with Gasteiger partial charge in [0.2, 0.25) is 0 Å². The van der Waals surface area contributed by atoms with E-state index in [9.17, 15) is 13.2 Å². The van der Waals surface area contributed by atoms with Gasteiger partial charge in [-0.15, -0.1) is 0 Å². The predicted molar refractivity (Wildman–Crippen MR) is 86.7 cm³/mol. The minimum atomic E-state index is -3.00. The predicted octanol–water partition coefficient (Wildman–Crippen LogP) is 0.903. The van der Waals surface area contributed by atoms with E-state index in [1.807, 2.05) is 12.1 Å². The lowest BCUT2D eigenvalue weighted by molar-refractivity contribution is 0.192. The first-order valence-electron chi connectivity index (χ1n) is 7.40. The second kappa shape index (κ2) is 7.54. The number of benzene rings is 1. The number of carbonyl (C=O) groups is 1. The van der Waals surface area contributed by atoms with Crippen molar-refractivity contribution in [2.75, 3.05) is 38.8 Å². The zero-order chi connectivity index (χ0) is 16.9. The van der Waals surface area contributed by atoms with Crippen molar-refractivity contribution in [1.29, 1.82) is 0 Å². The number of nitrogens with one attached hydrogen (secondary N) is 1. The Labute approximate surface area is 136 Å². The SMILES string of the molecule is COc1ccccc1OCCNC(=O)N(C)C1CCS(=O)(=O)C1. The van der Waals surface area contributed by atoms with Crippen molar-refractivity contribution in [1.82, 2.24) is 10.2 Å². The minimum Gasteiger partial charge on any atom is -0.493 e. The molecule has 0 radical (unpaired) electrons. The fraction of sp³-hybridized carbons (Fsp3) is 0.533. The third kappa shape index (κ3) is 4.75. The molecule has 2 amide bonds. The van der Waals surface area contributed by atoms with Crippen LogP contribution in [0.5, 0.6) is 11.5 Å². The molecule has 1 aliphatic rings. The van der Waals surface area contributed by atoms with E-state index >= 15 is 0 Å². The summed E-state index contributed by atoms with van der Waals surface area (Å²) in [4.78, 5) is 13.5. The Bertz CT molecular complexity index is 647. The van der Waals surface area contributed by atoms with E-state index in [2.05, 4.69) is 5.32 Å². The topological polar surface area (TPSA) is 84.9 Å². The maximum absolute atomic E-state index is 12.0. The first-order chi connectivity index (χ1) is 10.9. The molecule has 1 fully saturated rings. The van der Waals surface area contributed by atoms with Crippen LogP contribution in [0.15, 0.2) is 24.3 Å². The molecule has 1 unspecified atom stereocenters. The van der Waals surface area contributed by atoms with Crippen molar-refractivity contribution >= 4 is 15.9 Å². The Kier molecular flexibility index (Phi) is 5.70. The Morgan fingerprint density at radius 1 is 1.35 bits per heavy atom. The van der Waals surface area contributed by atoms with E-state index in [0.717, 1.165) is 0 Å². The largest absolute Gasteiger partial charge is 0.493 e. The van der Waals surface area contributed by atoms with Crippen LogP contribution in [-0.2, 0) is 9.84 Å². The van der Waals surface area contributed by atoms with Gasteiger partial charge in [0.25, 0.3) is 0 Å². The number of hydrogen-bond donors (Lipinski definition) is 1. The quantitative estimate of drug-likeness (QED) is 0.777. The highest BCUT2D eigenvalue weighted by molar-refractivity contribution is 7.91. The van der Waals surface area contributed by atoms with E-state index < -0.39 is 9.84 Å². The van der Waals surface area contributed by atoms with Crippen LogP contribution in [0.1, 0.15) is 6.42 Å². The molecular formula is C15H22N2O5S. The van der Waals surface area contributed by atoms with Gasteiger partial charge in [-0.2, -0.15) is 0 Å². The van der Waals surface area contributed by atoms with E-state index in [0.29, 0.717) is 31.1 Å². The van der Waals surface area contributed by atoms with E-state index in [1.165, 1.54) is 4.90 Å². The lowest BCUT2D eigenvalue weighted by Gasteiger charge is -2.23. The molecule has 1 atom stereocenters. The van der Waals surface area contributed by atoms with Crippen LogP contribution in [0, 0.1) is 0 Å². The Balaban J connectivity index is 1.74. The number of ether oxygens (including phenoxy) is 2. The maximum atomic E-state index is 12.0. The van der Waals surface area contributed by atoms with Crippen LogP contribution in [-0.4, -0.2) is 64.2 Å². The number of carbonyl (C=O) groups excluding carboxylic acids is 1. The third-order valence-corrected chi connectivity index (χ3v) is 5.53. The van der Waals surface area contributed by atoms with Gasteiger partial charge in [0, 0.05) is 13.1 Å². The summed E-state index contributed by atoms with van der Waals surface area (Å²) in [6, 6.07) is 6.71. The maximum Gasteiger partial charge on any atom is 0.317 e. The van der Waals surface area contributed by atoms with Gasteiger partial charge in [0.1, 0.15) is 6.61 Å². The second-order valence-corrected chi connectivity index (χ2v) is 7.63. The molecule has 1 aliphatic heterocycles. The van der Waals surface area contributed by atoms with Crippen LogP contribution in [0.2, 0.25) is 0 Å². The van der Waals surface area contributed by atoms with E-state index in [4.69, 9.17) is 9.47 Å². The summed E-state index contributed by atoms with van der Waals surface area (Å²) >= 11 is 0. The molecule has 128 valence electrons. The van der Waals surface area contributed by atoms with Gasteiger partial charge in [0.05, 0.1) is 25.2 Å². The number of para-hydroxylation sites is 2. The summed E-state index contributed by atoms with van der Waals surface area (Å²) in [5.74, 6) is 1.42. The molecule has 0 aliphatic carbocycles. The molecule has 23 heavy (non-hydrogen) atoms. The molecular weight excluding hydrogens is 320 g/mol. The summed E-state index contributed by atoms with van der Waals surface area (Å²) < 4.78 is 33.6. The van der Waals surface area contributed by atoms with Crippen LogP contribution in [0.3, 0.4) is 0 Å². The fourth-order valence-corrected chi connectivity index (χ4v) is 4.20. The molecule has 1 aromatic rings. The lowest BCUT2D eigenvalue weighted by Crippen LogP contribution is -2.45.